The molecule has 0 rings (SSSR count). The SMILES string of the molecule is CCCO.CCCO.CCOCC(=O)C[C-]=O.CCOCC(=O)C[C-]=O.[Zr+2]. The second-order valence-corrected chi connectivity index (χ2v) is 4.44. The zero-order chi connectivity index (χ0) is 21.1. The van der Waals surface area contributed by atoms with Gasteiger partial charge in [0.1, 0.15) is 24.8 Å². The normalized spacial score (nSPS) is 8.22. The van der Waals surface area contributed by atoms with Crippen molar-refractivity contribution in [3.8, 4) is 0 Å². The van der Waals surface area contributed by atoms with E-state index in [2.05, 4.69) is 0 Å². The summed E-state index contributed by atoms with van der Waals surface area (Å²) in [4.78, 5) is 40.0. The van der Waals surface area contributed by atoms with Gasteiger partial charge in [-0.1, -0.05) is 26.7 Å². The van der Waals surface area contributed by atoms with Crippen LogP contribution in [0.1, 0.15) is 53.4 Å². The fraction of sp³-hybridized carbons (Fsp3) is 0.778. The van der Waals surface area contributed by atoms with Gasteiger partial charge in [-0.25, -0.2) is 0 Å². The van der Waals surface area contributed by atoms with Crippen LogP contribution in [-0.2, 0) is 54.9 Å². The Morgan fingerprint density at radius 3 is 1.15 bits per heavy atom. The predicted molar refractivity (Wildman–Crippen MR) is 98.4 cm³/mol. The molecule has 0 saturated heterocycles. The molecular weight excluding hydrogens is 435 g/mol. The van der Waals surface area contributed by atoms with Gasteiger partial charge in [0.2, 0.25) is 0 Å². The van der Waals surface area contributed by atoms with E-state index in [-0.39, 0.29) is 63.8 Å². The molecule has 0 aliphatic carbocycles. The molecule has 158 valence electrons. The quantitative estimate of drug-likeness (QED) is 0.320. The first kappa shape index (κ1) is 37.2. The Bertz CT molecular complexity index is 278. The fourth-order valence-electron chi connectivity index (χ4n) is 0.695. The van der Waals surface area contributed by atoms with Crippen LogP contribution >= 0.6 is 0 Å². The maximum atomic E-state index is 10.4. The zero-order valence-electron chi connectivity index (χ0n) is 16.9. The molecule has 9 heteroatoms. The molecule has 0 aliphatic rings. The summed E-state index contributed by atoms with van der Waals surface area (Å²) in [5.41, 5.74) is 0. The van der Waals surface area contributed by atoms with E-state index in [4.69, 9.17) is 19.7 Å². The number of aliphatic hydroxyl groups excluding tert-OH is 2. The van der Waals surface area contributed by atoms with E-state index in [0.29, 0.717) is 26.4 Å². The molecule has 2 N–H and O–H groups in total. The molecule has 0 aromatic heterocycles. The largest absolute Gasteiger partial charge is 2.00 e. The minimum atomic E-state index is -0.216. The van der Waals surface area contributed by atoms with E-state index in [9.17, 15) is 19.2 Å². The van der Waals surface area contributed by atoms with Crippen LogP contribution in [0.5, 0.6) is 0 Å². The summed E-state index contributed by atoms with van der Waals surface area (Å²) in [5.74, 6) is -0.432. The summed E-state index contributed by atoms with van der Waals surface area (Å²) in [5, 5.41) is 15.8. The molecule has 0 atom stereocenters. The second-order valence-electron chi connectivity index (χ2n) is 4.44. The number of aliphatic hydroxyl groups is 2. The van der Waals surface area contributed by atoms with E-state index in [1.165, 1.54) is 12.6 Å². The van der Waals surface area contributed by atoms with Gasteiger partial charge in [-0.2, -0.15) is 0 Å². The summed E-state index contributed by atoms with van der Waals surface area (Å²) in [7, 11) is 0. The summed E-state index contributed by atoms with van der Waals surface area (Å²) < 4.78 is 9.44. The molecule has 0 heterocycles. The van der Waals surface area contributed by atoms with Crippen LogP contribution in [0.2, 0.25) is 0 Å². The number of carbonyl (C=O) groups is 2. The smallest absolute Gasteiger partial charge is 0.541 e. The maximum Gasteiger partial charge on any atom is 2.00 e. The summed E-state index contributed by atoms with van der Waals surface area (Å²) >= 11 is 0. The van der Waals surface area contributed by atoms with E-state index in [1.54, 1.807) is 13.8 Å². The van der Waals surface area contributed by atoms with E-state index < -0.39 is 0 Å². The van der Waals surface area contributed by atoms with Crippen molar-refractivity contribution in [1.82, 2.24) is 0 Å². The zero-order valence-corrected chi connectivity index (χ0v) is 19.4. The van der Waals surface area contributed by atoms with Crippen LogP contribution in [0, 0.1) is 0 Å². The number of ketones is 2. The Kier molecular flexibility index (Phi) is 55.4. The van der Waals surface area contributed by atoms with Crippen LogP contribution in [0.15, 0.2) is 0 Å². The topological polar surface area (TPSA) is 127 Å². The molecule has 27 heavy (non-hydrogen) atoms. The standard InChI is InChI=1S/2C6H9O3.2C3H8O.Zr/c2*1-2-9-5-6(8)3-4-7;2*1-2-3-4;/h2*2-3,5H2,1H3;2*4H,2-3H2,1H3;/q2*-1;;;+2. The third kappa shape index (κ3) is 58.6. The third-order valence-corrected chi connectivity index (χ3v) is 1.92. The van der Waals surface area contributed by atoms with Gasteiger partial charge < -0.3 is 29.3 Å². The van der Waals surface area contributed by atoms with E-state index >= 15 is 0 Å². The van der Waals surface area contributed by atoms with Crippen molar-refractivity contribution in [3.63, 3.8) is 0 Å². The Hall–Kier alpha value is -0.597. The number of rotatable bonds is 12. The Balaban J connectivity index is -0.0000000843. The van der Waals surface area contributed by atoms with E-state index in [0.717, 1.165) is 12.8 Å². The first-order valence-corrected chi connectivity index (χ1v) is 8.55. The van der Waals surface area contributed by atoms with Crippen LogP contribution < -0.4 is 0 Å². The molecule has 0 aromatic carbocycles. The van der Waals surface area contributed by atoms with Gasteiger partial charge in [-0.3, -0.25) is 22.2 Å². The van der Waals surface area contributed by atoms with Crippen LogP contribution in [0.4, 0.5) is 0 Å². The van der Waals surface area contributed by atoms with Crippen molar-refractivity contribution in [2.45, 2.75) is 53.4 Å². The van der Waals surface area contributed by atoms with Gasteiger partial charge >= 0.3 is 26.2 Å². The molecular formula is C18H34O8Zr. The third-order valence-electron chi connectivity index (χ3n) is 1.92. The van der Waals surface area contributed by atoms with Gasteiger partial charge in [0.15, 0.2) is 0 Å². The van der Waals surface area contributed by atoms with Crippen molar-refractivity contribution in [1.29, 1.82) is 0 Å². The maximum absolute atomic E-state index is 10.4. The monoisotopic (exact) mass is 468 g/mol. The molecule has 0 amide bonds. The van der Waals surface area contributed by atoms with Gasteiger partial charge in [0, 0.05) is 26.4 Å². The first-order valence-electron chi connectivity index (χ1n) is 8.55. The van der Waals surface area contributed by atoms with Crippen LogP contribution in [0.3, 0.4) is 0 Å². The average Bonchev–Trinajstić information content (AvgIpc) is 2.66. The number of Topliss-reactive ketones (excluding diaryl/α,β-unsaturated/α-hetero) is 2. The molecule has 0 unspecified atom stereocenters. The van der Waals surface area contributed by atoms with Crippen molar-refractivity contribution in [2.24, 2.45) is 0 Å². The molecule has 0 radical (unpaired) electrons. The van der Waals surface area contributed by atoms with E-state index in [1.807, 2.05) is 13.8 Å². The van der Waals surface area contributed by atoms with Crippen molar-refractivity contribution >= 4 is 24.1 Å². The predicted octanol–water partition coefficient (Wildman–Crippen LogP) is 0.959. The van der Waals surface area contributed by atoms with Gasteiger partial charge in [-0.15, -0.1) is 0 Å². The Morgan fingerprint density at radius 2 is 1.00 bits per heavy atom. The molecule has 8 nitrogen and oxygen atoms in total. The molecule has 0 fully saturated rings. The van der Waals surface area contributed by atoms with Crippen molar-refractivity contribution in [3.05, 3.63) is 0 Å². The summed E-state index contributed by atoms with van der Waals surface area (Å²) in [6.45, 7) is 9.16. The average molecular weight is 470 g/mol. The molecule has 0 spiro atoms. The van der Waals surface area contributed by atoms with Crippen LogP contribution in [-0.4, -0.2) is 74.0 Å². The Morgan fingerprint density at radius 1 is 0.741 bits per heavy atom. The Labute approximate surface area is 182 Å². The minimum absolute atomic E-state index is 0. The van der Waals surface area contributed by atoms with Gasteiger partial charge in [-0.05, 0) is 26.7 Å². The van der Waals surface area contributed by atoms with Gasteiger partial charge in [0.05, 0.1) is 0 Å². The van der Waals surface area contributed by atoms with Crippen molar-refractivity contribution < 1.29 is 65.1 Å². The fourth-order valence-corrected chi connectivity index (χ4v) is 0.695. The van der Waals surface area contributed by atoms with Crippen molar-refractivity contribution in [2.75, 3.05) is 39.6 Å². The minimum Gasteiger partial charge on any atom is -0.541 e. The molecule has 0 aliphatic heterocycles. The molecule has 0 bridgehead atoms. The van der Waals surface area contributed by atoms with Crippen LogP contribution in [0.25, 0.3) is 0 Å². The number of hydrogen-bond donors (Lipinski definition) is 2. The number of ether oxygens (including phenoxy) is 2. The summed E-state index contributed by atoms with van der Waals surface area (Å²) in [6.07, 6.45) is 4.44. The number of hydrogen-bond acceptors (Lipinski definition) is 8. The first-order chi connectivity index (χ1) is 12.4. The molecule has 0 saturated carbocycles. The summed E-state index contributed by atoms with van der Waals surface area (Å²) in [6, 6.07) is 0. The van der Waals surface area contributed by atoms with Gasteiger partial charge in [0.25, 0.3) is 0 Å². The number of carbonyl (C=O) groups excluding carboxylic acids is 4. The second kappa shape index (κ2) is 40.2. The molecule has 0 aromatic rings.